The second-order valence-electron chi connectivity index (χ2n) is 7.31. The largest absolute Gasteiger partial charge is 0.477 e. The molecule has 4 rings (SSSR count). The van der Waals surface area contributed by atoms with Crippen LogP contribution in [0.4, 0.5) is 5.82 Å². The highest BCUT2D eigenvalue weighted by molar-refractivity contribution is 8.01. The van der Waals surface area contributed by atoms with Gasteiger partial charge in [-0.3, -0.25) is 19.3 Å². The summed E-state index contributed by atoms with van der Waals surface area (Å²) in [6.45, 7) is 0. The summed E-state index contributed by atoms with van der Waals surface area (Å²) in [6, 6.07) is 1.93. The summed E-state index contributed by atoms with van der Waals surface area (Å²) in [4.78, 5) is 58.6. The molecule has 1 unspecified atom stereocenters. The Morgan fingerprint density at radius 1 is 1.44 bits per heavy atom. The lowest BCUT2D eigenvalue weighted by atomic mass is 10.0. The maximum atomic E-state index is 13.0. The number of rotatable bonds is 10. The van der Waals surface area contributed by atoms with Crippen molar-refractivity contribution in [2.45, 2.75) is 16.6 Å². The van der Waals surface area contributed by atoms with Gasteiger partial charge in [0.25, 0.3) is 11.8 Å². The maximum absolute atomic E-state index is 13.0. The molecule has 1 saturated heterocycles. The zero-order valence-electron chi connectivity index (χ0n) is 18.8. The van der Waals surface area contributed by atoms with Crippen molar-refractivity contribution < 1.29 is 29.1 Å². The van der Waals surface area contributed by atoms with Gasteiger partial charge in [-0.15, -0.1) is 16.9 Å². The molecule has 2 aromatic heterocycles. The van der Waals surface area contributed by atoms with Gasteiger partial charge in [-0.05, 0) is 28.1 Å². The van der Waals surface area contributed by atoms with Gasteiger partial charge in [-0.25, -0.2) is 14.5 Å². The van der Waals surface area contributed by atoms with Crippen molar-refractivity contribution >= 4 is 59.2 Å². The number of carboxylic acids is 1. The van der Waals surface area contributed by atoms with Crippen LogP contribution in [-0.4, -0.2) is 95.1 Å². The number of aliphatic carboxylic acids is 1. The average Bonchev–Trinajstić information content (AvgIpc) is 3.28. The lowest BCUT2D eigenvalue weighted by Crippen LogP contribution is -2.71. The number of carbonyl (C=O) groups is 4. The number of hydrogen-bond acceptors (Lipinski definition) is 12. The molecule has 0 spiro atoms. The van der Waals surface area contributed by atoms with E-state index in [1.165, 1.54) is 58.5 Å². The number of nitrogens with zero attached hydrogens (tertiary/aromatic N) is 7. The quantitative estimate of drug-likeness (QED) is 0.112. The summed E-state index contributed by atoms with van der Waals surface area (Å²) >= 11 is 2.59. The highest BCUT2D eigenvalue weighted by Crippen LogP contribution is 2.41. The molecule has 4 heterocycles. The van der Waals surface area contributed by atoms with Gasteiger partial charge >= 0.3 is 5.97 Å². The van der Waals surface area contributed by atoms with Crippen LogP contribution in [0.1, 0.15) is 5.56 Å². The van der Waals surface area contributed by atoms with E-state index in [2.05, 4.69) is 36.3 Å². The second-order valence-corrected chi connectivity index (χ2v) is 9.35. The molecular weight excluding hydrogens is 514 g/mol. The van der Waals surface area contributed by atoms with Crippen molar-refractivity contribution in [2.75, 3.05) is 23.9 Å². The monoisotopic (exact) mass is 533 g/mol. The number of tetrazole rings is 1. The van der Waals surface area contributed by atoms with E-state index in [1.54, 1.807) is 7.05 Å². The van der Waals surface area contributed by atoms with Crippen molar-refractivity contribution in [1.82, 2.24) is 35.4 Å². The minimum Gasteiger partial charge on any atom is -0.477 e. The van der Waals surface area contributed by atoms with Crippen LogP contribution in [0.2, 0.25) is 0 Å². The highest BCUT2D eigenvalue weighted by Gasteiger charge is 2.54. The number of anilines is 1. The molecule has 2 aliphatic heterocycles. The first-order valence-electron chi connectivity index (χ1n) is 10.2. The summed E-state index contributed by atoms with van der Waals surface area (Å²) in [5.74, 6) is -1.71. The van der Waals surface area contributed by atoms with Gasteiger partial charge in [-0.2, -0.15) is 0 Å². The lowest BCUT2D eigenvalue weighted by molar-refractivity contribution is -0.150. The van der Waals surface area contributed by atoms with Crippen LogP contribution in [0.5, 0.6) is 0 Å². The maximum Gasteiger partial charge on any atom is 0.352 e. The number of oxime groups is 1. The third kappa shape index (κ3) is 4.87. The SMILES string of the molecule is CO/N=C(\C(=O)NC1C(=O)N2C(C(=O)O)=C(CSc3nnnn3C)CS[C@H]12)c1ccnc(NC=O)c1. The first kappa shape index (κ1) is 25.1. The molecule has 0 aliphatic carbocycles. The molecule has 2 aliphatic rings. The van der Waals surface area contributed by atoms with E-state index in [0.29, 0.717) is 22.9 Å². The molecule has 0 aromatic carbocycles. The topological polar surface area (TPSA) is 194 Å². The fourth-order valence-corrected chi connectivity index (χ4v) is 5.87. The van der Waals surface area contributed by atoms with Gasteiger partial charge in [0.1, 0.15) is 30.0 Å². The van der Waals surface area contributed by atoms with E-state index in [-0.39, 0.29) is 28.5 Å². The Morgan fingerprint density at radius 3 is 2.92 bits per heavy atom. The number of amides is 3. The van der Waals surface area contributed by atoms with E-state index >= 15 is 0 Å². The van der Waals surface area contributed by atoms with E-state index in [4.69, 9.17) is 4.84 Å². The van der Waals surface area contributed by atoms with Gasteiger partial charge < -0.3 is 20.6 Å². The number of β-lactam (4-membered cyclic amide) rings is 1. The second kappa shape index (κ2) is 10.7. The Kier molecular flexibility index (Phi) is 7.49. The molecule has 36 heavy (non-hydrogen) atoms. The molecule has 0 radical (unpaired) electrons. The summed E-state index contributed by atoms with van der Waals surface area (Å²) < 4.78 is 1.46. The molecule has 188 valence electrons. The van der Waals surface area contributed by atoms with Gasteiger partial charge in [-0.1, -0.05) is 16.9 Å². The predicted octanol–water partition coefficient (Wildman–Crippen LogP) is -0.945. The molecule has 0 bridgehead atoms. The molecule has 17 heteroatoms. The van der Waals surface area contributed by atoms with Gasteiger partial charge in [0.15, 0.2) is 5.71 Å². The average molecular weight is 534 g/mol. The summed E-state index contributed by atoms with van der Waals surface area (Å²) in [5, 5.41) is 29.6. The molecule has 2 aromatic rings. The molecule has 15 nitrogen and oxygen atoms in total. The number of fused-ring (bicyclic) bond motifs is 1. The van der Waals surface area contributed by atoms with E-state index in [9.17, 15) is 24.3 Å². The molecular formula is C19H19N9O6S2. The zero-order chi connectivity index (χ0) is 25.8. The minimum absolute atomic E-state index is 0.110. The number of aromatic nitrogens is 5. The van der Waals surface area contributed by atoms with Crippen LogP contribution in [0.25, 0.3) is 0 Å². The first-order valence-corrected chi connectivity index (χ1v) is 12.2. The van der Waals surface area contributed by atoms with Crippen LogP contribution in [-0.2, 0) is 31.1 Å². The van der Waals surface area contributed by atoms with E-state index in [0.717, 1.165) is 0 Å². The number of carbonyl (C=O) groups excluding carboxylic acids is 3. The Labute approximate surface area is 211 Å². The molecule has 2 atom stereocenters. The van der Waals surface area contributed by atoms with E-state index < -0.39 is 29.2 Å². The Hall–Kier alpha value is -3.99. The predicted molar refractivity (Wildman–Crippen MR) is 127 cm³/mol. The lowest BCUT2D eigenvalue weighted by Gasteiger charge is -2.49. The van der Waals surface area contributed by atoms with E-state index in [1.807, 2.05) is 0 Å². The normalized spacial score (nSPS) is 19.3. The van der Waals surface area contributed by atoms with Crippen LogP contribution in [0, 0.1) is 0 Å². The number of carboxylic acid groups (broad SMARTS) is 1. The fourth-order valence-electron chi connectivity index (χ4n) is 3.53. The summed E-state index contributed by atoms with van der Waals surface area (Å²) in [6.07, 6.45) is 1.80. The van der Waals surface area contributed by atoms with Gasteiger partial charge in [0.05, 0.1) is 0 Å². The van der Waals surface area contributed by atoms with Crippen molar-refractivity contribution in [2.24, 2.45) is 12.2 Å². The van der Waals surface area contributed by atoms with Gasteiger partial charge in [0, 0.05) is 30.3 Å². The summed E-state index contributed by atoms with van der Waals surface area (Å²) in [5.41, 5.74) is 0.575. The zero-order valence-corrected chi connectivity index (χ0v) is 20.4. The molecule has 0 saturated carbocycles. The summed E-state index contributed by atoms with van der Waals surface area (Å²) in [7, 11) is 2.92. The first-order chi connectivity index (χ1) is 17.3. The minimum atomic E-state index is -1.24. The smallest absolute Gasteiger partial charge is 0.352 e. The number of thioether (sulfide) groups is 2. The third-order valence-corrected chi connectivity index (χ3v) is 7.57. The number of nitrogens with one attached hydrogen (secondary N) is 2. The third-order valence-electron chi connectivity index (χ3n) is 5.13. The number of hydrogen-bond donors (Lipinski definition) is 3. The fraction of sp³-hybridized carbons (Fsp3) is 0.316. The van der Waals surface area contributed by atoms with Crippen molar-refractivity contribution in [3.8, 4) is 0 Å². The standard InChI is InChI=1S/C19H19N9O6S2/c1-27-19(23-25-26-27)36-7-10-6-35-17-13(16(31)28(17)14(10)18(32)33)22-15(30)12(24-34-2)9-3-4-20-11(5-9)21-8-29/h3-5,8,13,17H,6-7H2,1-2H3,(H,22,30)(H,32,33)(H,20,21,29)/b24-12-/t13?,17-/m1/s1. The molecule has 3 amide bonds. The van der Waals surface area contributed by atoms with Crippen LogP contribution >= 0.6 is 23.5 Å². The molecule has 1 fully saturated rings. The van der Waals surface area contributed by atoms with Gasteiger partial charge in [0.2, 0.25) is 11.6 Å². The van der Waals surface area contributed by atoms with Crippen molar-refractivity contribution in [1.29, 1.82) is 0 Å². The Morgan fingerprint density at radius 2 is 2.25 bits per heavy atom. The number of aryl methyl sites for hydroxylation is 1. The number of pyridine rings is 1. The van der Waals surface area contributed by atoms with Crippen molar-refractivity contribution in [3.63, 3.8) is 0 Å². The Balaban J connectivity index is 1.50. The highest BCUT2D eigenvalue weighted by atomic mass is 32.2. The van der Waals surface area contributed by atoms with Crippen LogP contribution in [0.3, 0.4) is 0 Å². The van der Waals surface area contributed by atoms with Crippen LogP contribution in [0.15, 0.2) is 39.9 Å². The van der Waals surface area contributed by atoms with Crippen molar-refractivity contribution in [3.05, 3.63) is 35.2 Å². The van der Waals surface area contributed by atoms with Crippen LogP contribution < -0.4 is 10.6 Å². The molecule has 3 N–H and O–H groups in total. The Bertz CT molecular complexity index is 1280.